The first kappa shape index (κ1) is 12.0. The standard InChI is InChI=1S/C10H12N2O4/c1-6(10(15)16)5-12-9(14)7-2-3-11-8(13)4-7/h2-4,6H,5H2,1H3,(H,11,13)(H,12,14)(H,15,16). The fraction of sp³-hybridized carbons (Fsp3) is 0.300. The van der Waals surface area contributed by atoms with E-state index >= 15 is 0 Å². The number of amides is 1. The summed E-state index contributed by atoms with van der Waals surface area (Å²) in [5, 5.41) is 11.0. The smallest absolute Gasteiger partial charge is 0.308 e. The molecule has 0 bridgehead atoms. The number of hydrogen-bond donors (Lipinski definition) is 3. The highest BCUT2D eigenvalue weighted by Crippen LogP contribution is 1.95. The highest BCUT2D eigenvalue weighted by atomic mass is 16.4. The van der Waals surface area contributed by atoms with Gasteiger partial charge in [0.2, 0.25) is 5.56 Å². The molecule has 0 fully saturated rings. The summed E-state index contributed by atoms with van der Waals surface area (Å²) in [5.74, 6) is -2.10. The molecule has 1 amide bonds. The predicted octanol–water partition coefficient (Wildman–Crippen LogP) is -0.175. The SMILES string of the molecule is CC(CNC(=O)c1cc[nH]c(=O)c1)C(=O)O. The van der Waals surface area contributed by atoms with Gasteiger partial charge in [-0.05, 0) is 6.07 Å². The molecule has 6 nitrogen and oxygen atoms in total. The van der Waals surface area contributed by atoms with Crippen LogP contribution in [0.25, 0.3) is 0 Å². The Morgan fingerprint density at radius 1 is 1.56 bits per heavy atom. The summed E-state index contributed by atoms with van der Waals surface area (Å²) in [6, 6.07) is 2.60. The zero-order chi connectivity index (χ0) is 12.1. The van der Waals surface area contributed by atoms with Crippen LogP contribution in [0.1, 0.15) is 17.3 Å². The molecule has 3 N–H and O–H groups in total. The number of hydrogen-bond acceptors (Lipinski definition) is 3. The van der Waals surface area contributed by atoms with Gasteiger partial charge in [0.1, 0.15) is 0 Å². The normalized spacial score (nSPS) is 11.8. The maximum atomic E-state index is 11.5. The maximum Gasteiger partial charge on any atom is 0.308 e. The first-order chi connectivity index (χ1) is 7.50. The Hall–Kier alpha value is -2.11. The number of pyridine rings is 1. The molecule has 0 saturated carbocycles. The molecule has 0 spiro atoms. The summed E-state index contributed by atoms with van der Waals surface area (Å²) in [7, 11) is 0. The van der Waals surface area contributed by atoms with Crippen molar-refractivity contribution in [1.82, 2.24) is 10.3 Å². The van der Waals surface area contributed by atoms with Crippen molar-refractivity contribution >= 4 is 11.9 Å². The van der Waals surface area contributed by atoms with Gasteiger partial charge in [-0.3, -0.25) is 14.4 Å². The van der Waals surface area contributed by atoms with Gasteiger partial charge in [0.25, 0.3) is 5.91 Å². The summed E-state index contributed by atoms with van der Waals surface area (Å²) < 4.78 is 0. The van der Waals surface area contributed by atoms with E-state index < -0.39 is 17.8 Å². The van der Waals surface area contributed by atoms with Gasteiger partial charge in [-0.25, -0.2) is 0 Å². The lowest BCUT2D eigenvalue weighted by molar-refractivity contribution is -0.140. The molecule has 86 valence electrons. The van der Waals surface area contributed by atoms with Crippen LogP contribution >= 0.6 is 0 Å². The van der Waals surface area contributed by atoms with Crippen molar-refractivity contribution in [2.75, 3.05) is 6.54 Å². The number of aromatic amines is 1. The lowest BCUT2D eigenvalue weighted by Gasteiger charge is -2.07. The number of carbonyl (C=O) groups is 2. The largest absolute Gasteiger partial charge is 0.481 e. The fourth-order valence-electron chi connectivity index (χ4n) is 1.02. The molecular weight excluding hydrogens is 212 g/mol. The highest BCUT2D eigenvalue weighted by molar-refractivity contribution is 5.94. The predicted molar refractivity (Wildman–Crippen MR) is 56.2 cm³/mol. The van der Waals surface area contributed by atoms with E-state index in [9.17, 15) is 14.4 Å². The molecule has 1 aromatic rings. The van der Waals surface area contributed by atoms with Crippen LogP contribution in [0.15, 0.2) is 23.1 Å². The fourth-order valence-corrected chi connectivity index (χ4v) is 1.02. The Balaban J connectivity index is 2.60. The van der Waals surface area contributed by atoms with Gasteiger partial charge in [-0.2, -0.15) is 0 Å². The van der Waals surface area contributed by atoms with E-state index in [4.69, 9.17) is 5.11 Å². The lowest BCUT2D eigenvalue weighted by Crippen LogP contribution is -2.31. The average molecular weight is 224 g/mol. The van der Waals surface area contributed by atoms with Gasteiger partial charge >= 0.3 is 5.97 Å². The second kappa shape index (κ2) is 5.11. The number of rotatable bonds is 4. The van der Waals surface area contributed by atoms with Crippen LogP contribution in [-0.4, -0.2) is 28.5 Å². The van der Waals surface area contributed by atoms with Gasteiger partial charge in [-0.15, -0.1) is 0 Å². The first-order valence-corrected chi connectivity index (χ1v) is 4.70. The number of H-pyrrole nitrogens is 1. The molecule has 1 heterocycles. The van der Waals surface area contributed by atoms with Crippen molar-refractivity contribution in [1.29, 1.82) is 0 Å². The summed E-state index contributed by atoms with van der Waals surface area (Å²) in [5.41, 5.74) is -0.166. The third kappa shape index (κ3) is 3.23. The number of aliphatic carboxylic acids is 1. The summed E-state index contributed by atoms with van der Waals surface area (Å²) >= 11 is 0. The van der Waals surface area contributed by atoms with Crippen LogP contribution in [0, 0.1) is 5.92 Å². The van der Waals surface area contributed by atoms with Crippen molar-refractivity contribution in [3.8, 4) is 0 Å². The molecule has 1 rings (SSSR count). The van der Waals surface area contributed by atoms with E-state index in [1.165, 1.54) is 19.2 Å². The Bertz CT molecular complexity index is 452. The van der Waals surface area contributed by atoms with Crippen molar-refractivity contribution in [2.24, 2.45) is 5.92 Å². The van der Waals surface area contributed by atoms with Crippen molar-refractivity contribution < 1.29 is 14.7 Å². The van der Waals surface area contributed by atoms with Gasteiger partial charge in [0, 0.05) is 24.4 Å². The number of aromatic nitrogens is 1. The van der Waals surface area contributed by atoms with Gasteiger partial charge < -0.3 is 15.4 Å². The number of carboxylic acid groups (broad SMARTS) is 1. The second-order valence-corrected chi connectivity index (χ2v) is 3.39. The minimum Gasteiger partial charge on any atom is -0.481 e. The van der Waals surface area contributed by atoms with Crippen LogP contribution in [0.3, 0.4) is 0 Å². The van der Waals surface area contributed by atoms with Crippen LogP contribution < -0.4 is 10.9 Å². The van der Waals surface area contributed by atoms with Crippen LogP contribution in [0.5, 0.6) is 0 Å². The molecule has 0 radical (unpaired) electrons. The molecule has 6 heteroatoms. The van der Waals surface area contributed by atoms with Crippen LogP contribution in [0.4, 0.5) is 0 Å². The highest BCUT2D eigenvalue weighted by Gasteiger charge is 2.13. The van der Waals surface area contributed by atoms with E-state index in [1.54, 1.807) is 0 Å². The molecule has 1 unspecified atom stereocenters. The number of nitrogens with one attached hydrogen (secondary N) is 2. The van der Waals surface area contributed by atoms with E-state index in [1.807, 2.05) is 0 Å². The van der Waals surface area contributed by atoms with E-state index in [2.05, 4.69) is 10.3 Å². The number of carboxylic acids is 1. The Morgan fingerprint density at radius 2 is 2.25 bits per heavy atom. The zero-order valence-electron chi connectivity index (χ0n) is 8.69. The monoisotopic (exact) mass is 224 g/mol. The van der Waals surface area contributed by atoms with E-state index in [-0.39, 0.29) is 17.7 Å². The third-order valence-electron chi connectivity index (χ3n) is 2.03. The molecule has 0 saturated heterocycles. The first-order valence-electron chi connectivity index (χ1n) is 4.70. The topological polar surface area (TPSA) is 99.3 Å². The third-order valence-corrected chi connectivity index (χ3v) is 2.03. The molecular formula is C10H12N2O4. The Labute approximate surface area is 91.3 Å². The summed E-state index contributed by atoms with van der Waals surface area (Å²) in [6.07, 6.45) is 1.36. The molecule has 0 aromatic carbocycles. The molecule has 0 aliphatic carbocycles. The summed E-state index contributed by atoms with van der Waals surface area (Å²) in [4.78, 5) is 35.3. The summed E-state index contributed by atoms with van der Waals surface area (Å²) in [6.45, 7) is 1.52. The van der Waals surface area contributed by atoms with Crippen molar-refractivity contribution in [2.45, 2.75) is 6.92 Å². The molecule has 0 aliphatic heterocycles. The Kier molecular flexibility index (Phi) is 3.82. The quantitative estimate of drug-likeness (QED) is 0.660. The van der Waals surface area contributed by atoms with Crippen LogP contribution in [-0.2, 0) is 4.79 Å². The van der Waals surface area contributed by atoms with Gasteiger partial charge in [-0.1, -0.05) is 6.92 Å². The van der Waals surface area contributed by atoms with E-state index in [0.717, 1.165) is 6.07 Å². The number of carbonyl (C=O) groups excluding carboxylic acids is 1. The lowest BCUT2D eigenvalue weighted by atomic mass is 10.2. The second-order valence-electron chi connectivity index (χ2n) is 3.39. The zero-order valence-corrected chi connectivity index (χ0v) is 8.69. The average Bonchev–Trinajstić information content (AvgIpc) is 2.25. The molecule has 0 aliphatic rings. The Morgan fingerprint density at radius 3 is 2.81 bits per heavy atom. The minimum absolute atomic E-state index is 0.0287. The van der Waals surface area contributed by atoms with Crippen LogP contribution in [0.2, 0.25) is 0 Å². The maximum absolute atomic E-state index is 11.5. The van der Waals surface area contributed by atoms with Gasteiger partial charge in [0.15, 0.2) is 0 Å². The minimum atomic E-state index is -0.980. The van der Waals surface area contributed by atoms with Crippen molar-refractivity contribution in [3.05, 3.63) is 34.2 Å². The van der Waals surface area contributed by atoms with Gasteiger partial charge in [0.05, 0.1) is 5.92 Å². The molecule has 1 aromatic heterocycles. The van der Waals surface area contributed by atoms with Crippen molar-refractivity contribution in [3.63, 3.8) is 0 Å². The molecule has 1 atom stereocenters. The molecule has 16 heavy (non-hydrogen) atoms. The van der Waals surface area contributed by atoms with E-state index in [0.29, 0.717) is 0 Å².